The molecule has 0 radical (unpaired) electrons. The molecular weight excluding hydrogens is 250 g/mol. The topological polar surface area (TPSA) is 107 Å². The van der Waals surface area contributed by atoms with Crippen molar-refractivity contribution in [3.05, 3.63) is 39.4 Å². The third-order valence-corrected chi connectivity index (χ3v) is 2.86. The Hall–Kier alpha value is -1.99. The highest BCUT2D eigenvalue weighted by atomic mass is 16.6. The van der Waals surface area contributed by atoms with Crippen LogP contribution in [0.15, 0.2) is 18.2 Å². The van der Waals surface area contributed by atoms with Gasteiger partial charge in [0.25, 0.3) is 11.6 Å². The normalized spacial score (nSPS) is 11.9. The SMILES string of the molecule is COC(CN)C(=O)NCc1cccc([N+](=O)[O-])c1C. The van der Waals surface area contributed by atoms with Gasteiger partial charge in [0, 0.05) is 31.8 Å². The molecule has 1 atom stereocenters. The lowest BCUT2D eigenvalue weighted by atomic mass is 10.1. The predicted octanol–water partition coefficient (Wildman–Crippen LogP) is 0.493. The van der Waals surface area contributed by atoms with E-state index < -0.39 is 11.0 Å². The van der Waals surface area contributed by atoms with Crippen LogP contribution >= 0.6 is 0 Å². The van der Waals surface area contributed by atoms with Gasteiger partial charge in [0.1, 0.15) is 6.10 Å². The van der Waals surface area contributed by atoms with Crippen LogP contribution in [0.4, 0.5) is 5.69 Å². The molecule has 1 rings (SSSR count). The van der Waals surface area contributed by atoms with E-state index in [-0.39, 0.29) is 24.7 Å². The van der Waals surface area contributed by atoms with E-state index >= 15 is 0 Å². The highest BCUT2D eigenvalue weighted by Gasteiger charge is 2.17. The van der Waals surface area contributed by atoms with Crippen LogP contribution in [0.25, 0.3) is 0 Å². The van der Waals surface area contributed by atoms with E-state index in [1.165, 1.54) is 13.2 Å². The largest absolute Gasteiger partial charge is 0.370 e. The Morgan fingerprint density at radius 2 is 2.26 bits per heavy atom. The van der Waals surface area contributed by atoms with Crippen molar-refractivity contribution in [1.82, 2.24) is 5.32 Å². The van der Waals surface area contributed by atoms with Gasteiger partial charge >= 0.3 is 0 Å². The van der Waals surface area contributed by atoms with E-state index in [1.54, 1.807) is 19.1 Å². The van der Waals surface area contributed by atoms with Gasteiger partial charge in [-0.15, -0.1) is 0 Å². The van der Waals surface area contributed by atoms with Gasteiger partial charge in [0.15, 0.2) is 0 Å². The van der Waals surface area contributed by atoms with E-state index in [9.17, 15) is 14.9 Å². The monoisotopic (exact) mass is 267 g/mol. The first kappa shape index (κ1) is 15.1. The lowest BCUT2D eigenvalue weighted by Gasteiger charge is -2.13. The molecule has 0 aliphatic carbocycles. The Balaban J connectivity index is 2.76. The molecule has 3 N–H and O–H groups in total. The van der Waals surface area contributed by atoms with Crippen LogP contribution in [0.5, 0.6) is 0 Å². The number of nitrogens with two attached hydrogens (primary N) is 1. The summed E-state index contributed by atoms with van der Waals surface area (Å²) in [7, 11) is 1.40. The van der Waals surface area contributed by atoms with Crippen LogP contribution in [0.2, 0.25) is 0 Å². The van der Waals surface area contributed by atoms with Gasteiger partial charge in [0.2, 0.25) is 0 Å². The van der Waals surface area contributed by atoms with Crippen LogP contribution in [-0.2, 0) is 16.1 Å². The fourth-order valence-corrected chi connectivity index (χ4v) is 1.67. The molecule has 0 bridgehead atoms. The fraction of sp³-hybridized carbons (Fsp3) is 0.417. The van der Waals surface area contributed by atoms with Gasteiger partial charge in [-0.1, -0.05) is 12.1 Å². The number of methoxy groups -OCH3 is 1. The predicted molar refractivity (Wildman–Crippen MR) is 69.5 cm³/mol. The van der Waals surface area contributed by atoms with Crippen LogP contribution in [0, 0.1) is 17.0 Å². The van der Waals surface area contributed by atoms with Crippen molar-refractivity contribution in [3.63, 3.8) is 0 Å². The maximum Gasteiger partial charge on any atom is 0.272 e. The molecule has 0 saturated carbocycles. The number of benzene rings is 1. The van der Waals surface area contributed by atoms with Crippen molar-refractivity contribution >= 4 is 11.6 Å². The number of hydrogen-bond acceptors (Lipinski definition) is 5. The second kappa shape index (κ2) is 6.81. The number of nitrogens with one attached hydrogen (secondary N) is 1. The Morgan fingerprint density at radius 3 is 2.79 bits per heavy atom. The molecule has 7 nitrogen and oxygen atoms in total. The lowest BCUT2D eigenvalue weighted by molar-refractivity contribution is -0.385. The minimum Gasteiger partial charge on any atom is -0.370 e. The van der Waals surface area contributed by atoms with Crippen molar-refractivity contribution < 1.29 is 14.5 Å². The molecule has 1 aromatic carbocycles. The maximum atomic E-state index is 11.7. The zero-order chi connectivity index (χ0) is 14.4. The fourth-order valence-electron chi connectivity index (χ4n) is 1.67. The van der Waals surface area contributed by atoms with Crippen LogP contribution in [0.1, 0.15) is 11.1 Å². The van der Waals surface area contributed by atoms with Gasteiger partial charge in [-0.2, -0.15) is 0 Å². The summed E-state index contributed by atoms with van der Waals surface area (Å²) in [5.74, 6) is -0.337. The standard InChI is InChI=1S/C12H17N3O4/c1-8-9(4-3-5-10(8)15(17)18)7-14-12(16)11(6-13)19-2/h3-5,11H,6-7,13H2,1-2H3,(H,14,16). The maximum absolute atomic E-state index is 11.7. The number of amides is 1. The molecule has 1 aromatic rings. The molecule has 19 heavy (non-hydrogen) atoms. The van der Waals surface area contributed by atoms with E-state index in [0.29, 0.717) is 11.1 Å². The molecule has 0 aromatic heterocycles. The minimum atomic E-state index is -0.709. The number of hydrogen-bond donors (Lipinski definition) is 2. The average Bonchev–Trinajstić information content (AvgIpc) is 2.38. The summed E-state index contributed by atoms with van der Waals surface area (Å²) in [6, 6.07) is 4.74. The second-order valence-corrected chi connectivity index (χ2v) is 4.00. The highest BCUT2D eigenvalue weighted by Crippen LogP contribution is 2.20. The third-order valence-electron chi connectivity index (χ3n) is 2.86. The summed E-state index contributed by atoms with van der Waals surface area (Å²) in [6.45, 7) is 1.93. The van der Waals surface area contributed by atoms with E-state index in [2.05, 4.69) is 5.32 Å². The summed E-state index contributed by atoms with van der Waals surface area (Å²) in [6.07, 6.45) is -0.709. The summed E-state index contributed by atoms with van der Waals surface area (Å²) in [5, 5.41) is 13.4. The molecule has 0 spiro atoms. The third kappa shape index (κ3) is 3.73. The molecule has 1 unspecified atom stereocenters. The zero-order valence-corrected chi connectivity index (χ0v) is 10.9. The molecular formula is C12H17N3O4. The Morgan fingerprint density at radius 1 is 1.58 bits per heavy atom. The molecule has 0 saturated heterocycles. The van der Waals surface area contributed by atoms with Crippen molar-refractivity contribution in [2.45, 2.75) is 19.6 Å². The van der Waals surface area contributed by atoms with E-state index in [1.807, 2.05) is 0 Å². The first-order valence-corrected chi connectivity index (χ1v) is 5.74. The van der Waals surface area contributed by atoms with Crippen LogP contribution < -0.4 is 11.1 Å². The highest BCUT2D eigenvalue weighted by molar-refractivity contribution is 5.81. The number of carbonyl (C=O) groups is 1. The molecule has 1 amide bonds. The first-order valence-electron chi connectivity index (χ1n) is 5.74. The molecule has 0 aliphatic heterocycles. The number of nitrogens with zero attached hydrogens (tertiary/aromatic N) is 1. The summed E-state index contributed by atoms with van der Waals surface area (Å²) < 4.78 is 4.90. The molecule has 104 valence electrons. The number of nitro benzene ring substituents is 1. The van der Waals surface area contributed by atoms with Crippen molar-refractivity contribution in [1.29, 1.82) is 0 Å². The Bertz CT molecular complexity index is 472. The summed E-state index contributed by atoms with van der Waals surface area (Å²) in [5.41, 5.74) is 6.63. The van der Waals surface area contributed by atoms with Crippen LogP contribution in [-0.4, -0.2) is 30.6 Å². The van der Waals surface area contributed by atoms with Gasteiger partial charge < -0.3 is 15.8 Å². The van der Waals surface area contributed by atoms with Crippen molar-refractivity contribution in [3.8, 4) is 0 Å². The molecule has 0 fully saturated rings. The molecule has 0 aliphatic rings. The van der Waals surface area contributed by atoms with Crippen molar-refractivity contribution in [2.24, 2.45) is 5.73 Å². The van der Waals surface area contributed by atoms with Crippen molar-refractivity contribution in [2.75, 3.05) is 13.7 Å². The smallest absolute Gasteiger partial charge is 0.272 e. The number of carbonyl (C=O) groups excluding carboxylic acids is 1. The molecule has 7 heteroatoms. The van der Waals surface area contributed by atoms with Gasteiger partial charge in [0.05, 0.1) is 4.92 Å². The van der Waals surface area contributed by atoms with Gasteiger partial charge in [-0.25, -0.2) is 0 Å². The van der Waals surface area contributed by atoms with E-state index in [4.69, 9.17) is 10.5 Å². The van der Waals surface area contributed by atoms with Gasteiger partial charge in [-0.05, 0) is 12.5 Å². The number of nitro groups is 1. The second-order valence-electron chi connectivity index (χ2n) is 4.00. The Labute approximate surface area is 110 Å². The summed E-state index contributed by atoms with van der Waals surface area (Å²) >= 11 is 0. The summed E-state index contributed by atoms with van der Waals surface area (Å²) in [4.78, 5) is 22.0. The van der Waals surface area contributed by atoms with Crippen LogP contribution in [0.3, 0.4) is 0 Å². The number of rotatable bonds is 6. The Kier molecular flexibility index (Phi) is 5.40. The quantitative estimate of drug-likeness (QED) is 0.576. The zero-order valence-electron chi connectivity index (χ0n) is 10.9. The first-order chi connectivity index (χ1) is 9.01. The van der Waals surface area contributed by atoms with E-state index in [0.717, 1.165) is 0 Å². The number of ether oxygens (including phenoxy) is 1. The lowest BCUT2D eigenvalue weighted by Crippen LogP contribution is -2.40. The minimum absolute atomic E-state index is 0.0360. The average molecular weight is 267 g/mol. The van der Waals surface area contributed by atoms with Gasteiger partial charge in [-0.3, -0.25) is 14.9 Å². The molecule has 0 heterocycles.